The van der Waals surface area contributed by atoms with Crippen LogP contribution in [0.3, 0.4) is 0 Å². The lowest BCUT2D eigenvalue weighted by Gasteiger charge is -1.98. The molecule has 0 atom stereocenters. The first-order valence-corrected chi connectivity index (χ1v) is 4.67. The Bertz CT molecular complexity index is 474. The number of carboxylic acids is 1. The molecule has 2 N–H and O–H groups in total. The van der Waals surface area contributed by atoms with Gasteiger partial charge < -0.3 is 10.2 Å². The van der Waals surface area contributed by atoms with Gasteiger partial charge in [-0.25, -0.2) is 4.79 Å². The smallest absolute Gasteiger partial charge is 0.346 e. The van der Waals surface area contributed by atoms with Gasteiger partial charge in [-0.15, -0.1) is 0 Å². The standard InChI is InChI=1S/C10H6BrNO3/c11-8-4-6(1-2-9(8)13)3-7(5-12)10(14)15/h1-4,13H,(H,14,15). The van der Waals surface area contributed by atoms with Crippen LogP contribution in [0, 0.1) is 11.3 Å². The summed E-state index contributed by atoms with van der Waals surface area (Å²) in [6.45, 7) is 0. The largest absolute Gasteiger partial charge is 0.507 e. The third kappa shape index (κ3) is 2.82. The van der Waals surface area contributed by atoms with Crippen molar-refractivity contribution in [3.8, 4) is 11.8 Å². The summed E-state index contributed by atoms with van der Waals surface area (Å²) in [4.78, 5) is 10.5. The molecule has 0 unspecified atom stereocenters. The molecule has 0 aromatic heterocycles. The van der Waals surface area contributed by atoms with Crippen LogP contribution in [-0.2, 0) is 4.79 Å². The number of aliphatic carboxylic acids is 1. The number of phenols is 1. The van der Waals surface area contributed by atoms with Gasteiger partial charge in [-0.3, -0.25) is 0 Å². The van der Waals surface area contributed by atoms with Gasteiger partial charge in [0.25, 0.3) is 0 Å². The molecule has 0 radical (unpaired) electrons. The number of halogens is 1. The normalized spacial score (nSPS) is 10.8. The zero-order valence-electron chi connectivity index (χ0n) is 7.44. The van der Waals surface area contributed by atoms with Gasteiger partial charge in [0.2, 0.25) is 0 Å². The fraction of sp³-hybridized carbons (Fsp3) is 0. The van der Waals surface area contributed by atoms with Crippen LogP contribution in [0.4, 0.5) is 0 Å². The molecule has 76 valence electrons. The van der Waals surface area contributed by atoms with Crippen LogP contribution in [0.1, 0.15) is 5.56 Å². The number of phenolic OH excluding ortho intramolecular Hbond substituents is 1. The molecule has 0 spiro atoms. The summed E-state index contributed by atoms with van der Waals surface area (Å²) in [7, 11) is 0. The number of aromatic hydroxyl groups is 1. The van der Waals surface area contributed by atoms with Gasteiger partial charge in [0.05, 0.1) is 4.47 Å². The zero-order valence-corrected chi connectivity index (χ0v) is 9.02. The lowest BCUT2D eigenvalue weighted by Crippen LogP contribution is -1.97. The molecule has 0 bridgehead atoms. The Balaban J connectivity index is 3.14. The highest BCUT2D eigenvalue weighted by molar-refractivity contribution is 9.10. The van der Waals surface area contributed by atoms with Crippen molar-refractivity contribution in [3.05, 3.63) is 33.8 Å². The van der Waals surface area contributed by atoms with E-state index in [9.17, 15) is 9.90 Å². The Hall–Kier alpha value is -1.80. The number of carboxylic acid groups (broad SMARTS) is 1. The molecule has 0 saturated carbocycles. The number of hydrogen-bond donors (Lipinski definition) is 2. The van der Waals surface area contributed by atoms with Crippen LogP contribution in [-0.4, -0.2) is 16.2 Å². The average molecular weight is 268 g/mol. The number of carbonyl (C=O) groups is 1. The Morgan fingerprint density at radius 3 is 2.67 bits per heavy atom. The first kappa shape index (κ1) is 11.3. The van der Waals surface area contributed by atoms with E-state index in [4.69, 9.17) is 10.4 Å². The highest BCUT2D eigenvalue weighted by Crippen LogP contribution is 2.25. The minimum absolute atomic E-state index is 0.0565. The molecule has 4 nitrogen and oxygen atoms in total. The van der Waals surface area contributed by atoms with Gasteiger partial charge >= 0.3 is 5.97 Å². The minimum Gasteiger partial charge on any atom is -0.507 e. The third-order valence-corrected chi connectivity index (χ3v) is 2.27. The summed E-state index contributed by atoms with van der Waals surface area (Å²) in [6.07, 6.45) is 1.23. The first-order valence-electron chi connectivity index (χ1n) is 3.88. The number of rotatable bonds is 2. The number of nitrogens with zero attached hydrogens (tertiary/aromatic N) is 1. The van der Waals surface area contributed by atoms with Crippen molar-refractivity contribution in [1.82, 2.24) is 0 Å². The molecule has 0 amide bonds. The lowest BCUT2D eigenvalue weighted by atomic mass is 10.1. The number of benzene rings is 1. The molecule has 0 aliphatic carbocycles. The molecule has 0 fully saturated rings. The minimum atomic E-state index is -1.28. The second-order valence-corrected chi connectivity index (χ2v) is 3.54. The van der Waals surface area contributed by atoms with E-state index in [2.05, 4.69) is 15.9 Å². The summed E-state index contributed by atoms with van der Waals surface area (Å²) in [5.74, 6) is -1.22. The zero-order chi connectivity index (χ0) is 11.4. The van der Waals surface area contributed by atoms with E-state index in [0.717, 1.165) is 0 Å². The maximum Gasteiger partial charge on any atom is 0.346 e. The van der Waals surface area contributed by atoms with Crippen LogP contribution in [0.2, 0.25) is 0 Å². The van der Waals surface area contributed by atoms with Crippen LogP contribution >= 0.6 is 15.9 Å². The Kier molecular flexibility index (Phi) is 3.47. The summed E-state index contributed by atoms with van der Waals surface area (Å²) < 4.78 is 0.443. The van der Waals surface area contributed by atoms with E-state index in [1.54, 1.807) is 6.07 Å². The van der Waals surface area contributed by atoms with E-state index >= 15 is 0 Å². The highest BCUT2D eigenvalue weighted by Gasteiger charge is 2.06. The maximum atomic E-state index is 10.5. The number of nitriles is 1. The SMILES string of the molecule is N#CC(=Cc1ccc(O)c(Br)c1)C(=O)O. The van der Waals surface area contributed by atoms with Gasteiger partial charge in [-0.1, -0.05) is 6.07 Å². The molecule has 0 heterocycles. The fourth-order valence-electron chi connectivity index (χ4n) is 0.921. The van der Waals surface area contributed by atoms with Gasteiger partial charge in [-0.05, 0) is 39.7 Å². The van der Waals surface area contributed by atoms with Gasteiger partial charge in [-0.2, -0.15) is 5.26 Å². The maximum absolute atomic E-state index is 10.5. The molecule has 0 saturated heterocycles. The lowest BCUT2D eigenvalue weighted by molar-refractivity contribution is -0.132. The molecular formula is C10H6BrNO3. The molecule has 1 aromatic rings. The molecule has 0 aliphatic heterocycles. The Labute approximate surface area is 94.2 Å². The van der Waals surface area contributed by atoms with Crippen LogP contribution in [0.15, 0.2) is 28.2 Å². The summed E-state index contributed by atoms with van der Waals surface area (Å²) in [6, 6.07) is 6.01. The molecule has 5 heteroatoms. The summed E-state index contributed by atoms with van der Waals surface area (Å²) in [5, 5.41) is 26.3. The van der Waals surface area contributed by atoms with Crippen molar-refractivity contribution in [2.24, 2.45) is 0 Å². The fourth-order valence-corrected chi connectivity index (χ4v) is 1.32. The van der Waals surface area contributed by atoms with Gasteiger partial charge in [0, 0.05) is 0 Å². The monoisotopic (exact) mass is 267 g/mol. The van der Waals surface area contributed by atoms with Crippen LogP contribution in [0.25, 0.3) is 6.08 Å². The van der Waals surface area contributed by atoms with Crippen molar-refractivity contribution in [2.75, 3.05) is 0 Å². The van der Waals surface area contributed by atoms with E-state index in [1.165, 1.54) is 24.3 Å². The van der Waals surface area contributed by atoms with Crippen molar-refractivity contribution < 1.29 is 15.0 Å². The van der Waals surface area contributed by atoms with Crippen LogP contribution in [0.5, 0.6) is 5.75 Å². The van der Waals surface area contributed by atoms with E-state index in [1.807, 2.05) is 0 Å². The highest BCUT2D eigenvalue weighted by atomic mass is 79.9. The van der Waals surface area contributed by atoms with E-state index < -0.39 is 5.97 Å². The average Bonchev–Trinajstić information content (AvgIpc) is 2.19. The summed E-state index contributed by atoms with van der Waals surface area (Å²) >= 11 is 3.09. The van der Waals surface area contributed by atoms with Crippen molar-refractivity contribution in [3.63, 3.8) is 0 Å². The van der Waals surface area contributed by atoms with E-state index in [0.29, 0.717) is 10.0 Å². The Morgan fingerprint density at radius 2 is 2.20 bits per heavy atom. The van der Waals surface area contributed by atoms with Crippen molar-refractivity contribution in [1.29, 1.82) is 5.26 Å². The first-order chi connectivity index (χ1) is 7.04. The van der Waals surface area contributed by atoms with E-state index in [-0.39, 0.29) is 11.3 Å². The van der Waals surface area contributed by atoms with Crippen molar-refractivity contribution in [2.45, 2.75) is 0 Å². The molecule has 0 aliphatic rings. The number of hydrogen-bond acceptors (Lipinski definition) is 3. The van der Waals surface area contributed by atoms with Crippen LogP contribution < -0.4 is 0 Å². The molecule has 1 aromatic carbocycles. The molecular weight excluding hydrogens is 262 g/mol. The molecule has 15 heavy (non-hydrogen) atoms. The predicted octanol–water partition coefficient (Wildman–Crippen LogP) is 2.15. The Morgan fingerprint density at radius 1 is 1.53 bits per heavy atom. The summed E-state index contributed by atoms with van der Waals surface area (Å²) in [5.41, 5.74) is 0.172. The second-order valence-electron chi connectivity index (χ2n) is 2.69. The second kappa shape index (κ2) is 4.62. The van der Waals surface area contributed by atoms with Crippen molar-refractivity contribution >= 4 is 28.0 Å². The topological polar surface area (TPSA) is 81.3 Å². The molecule has 1 rings (SSSR count). The van der Waals surface area contributed by atoms with Gasteiger partial charge in [0.15, 0.2) is 0 Å². The predicted molar refractivity (Wildman–Crippen MR) is 57.0 cm³/mol. The van der Waals surface area contributed by atoms with Gasteiger partial charge in [0.1, 0.15) is 17.4 Å². The third-order valence-electron chi connectivity index (χ3n) is 1.63. The quantitative estimate of drug-likeness (QED) is 0.636.